The maximum absolute atomic E-state index is 9.33. The molecule has 17 heavy (non-hydrogen) atoms. The van der Waals surface area contributed by atoms with E-state index in [0.717, 1.165) is 0 Å². The van der Waals surface area contributed by atoms with E-state index >= 15 is 0 Å². The molecule has 0 radical (unpaired) electrons. The second-order valence-electron chi connectivity index (χ2n) is 6.17. The smallest absolute Gasteiger partial charge is 0.192 e. The van der Waals surface area contributed by atoms with E-state index in [1.165, 1.54) is 0 Å². The fourth-order valence-corrected chi connectivity index (χ4v) is 2.87. The Morgan fingerprint density at radius 2 is 1.94 bits per heavy atom. The molecule has 102 valence electrons. The Balaban J connectivity index is 2.67. The van der Waals surface area contributed by atoms with Gasteiger partial charge in [-0.05, 0) is 25.1 Å². The SMILES string of the molecule is C[C@@H]1OC[C@@H](O[Si](C)(C)C(C)(C)C)C(CO)O1. The number of hydrogen-bond donors (Lipinski definition) is 1. The van der Waals surface area contributed by atoms with Crippen LogP contribution < -0.4 is 0 Å². The molecule has 1 N–H and O–H groups in total. The van der Waals surface area contributed by atoms with Crippen molar-refractivity contribution >= 4 is 8.32 Å². The fraction of sp³-hybridized carbons (Fsp3) is 1.00. The third-order valence-corrected chi connectivity index (χ3v) is 8.21. The summed E-state index contributed by atoms with van der Waals surface area (Å²) in [5.41, 5.74) is 0. The van der Waals surface area contributed by atoms with E-state index in [1.807, 2.05) is 6.92 Å². The summed E-state index contributed by atoms with van der Waals surface area (Å²) in [7, 11) is -1.84. The van der Waals surface area contributed by atoms with Gasteiger partial charge in [0.25, 0.3) is 0 Å². The third kappa shape index (κ3) is 3.76. The molecule has 1 aliphatic rings. The topological polar surface area (TPSA) is 47.9 Å². The molecule has 0 aromatic carbocycles. The molecule has 0 aromatic rings. The van der Waals surface area contributed by atoms with Gasteiger partial charge in [-0.2, -0.15) is 0 Å². The molecule has 0 spiro atoms. The lowest BCUT2D eigenvalue weighted by molar-refractivity contribution is -0.247. The van der Waals surface area contributed by atoms with Gasteiger partial charge < -0.3 is 19.0 Å². The molecule has 3 atom stereocenters. The zero-order valence-electron chi connectivity index (χ0n) is 11.8. The molecule has 0 bridgehead atoms. The van der Waals surface area contributed by atoms with Crippen LogP contribution in [-0.2, 0) is 13.9 Å². The van der Waals surface area contributed by atoms with Crippen molar-refractivity contribution < 1.29 is 19.0 Å². The minimum atomic E-state index is -1.84. The van der Waals surface area contributed by atoms with Gasteiger partial charge in [-0.25, -0.2) is 0 Å². The van der Waals surface area contributed by atoms with Crippen LogP contribution in [0.1, 0.15) is 27.7 Å². The van der Waals surface area contributed by atoms with E-state index < -0.39 is 8.32 Å². The van der Waals surface area contributed by atoms with Crippen molar-refractivity contribution in [3.8, 4) is 0 Å². The minimum absolute atomic E-state index is 0.0208. The molecule has 1 heterocycles. The zero-order chi connectivity index (χ0) is 13.3. The van der Waals surface area contributed by atoms with Crippen LogP contribution in [0.3, 0.4) is 0 Å². The van der Waals surface area contributed by atoms with Crippen molar-refractivity contribution in [2.75, 3.05) is 13.2 Å². The van der Waals surface area contributed by atoms with Crippen molar-refractivity contribution in [3.05, 3.63) is 0 Å². The Kier molecular flexibility index (Phi) is 4.77. The lowest BCUT2D eigenvalue weighted by atomic mass is 10.2. The first-order valence-corrected chi connectivity index (χ1v) is 9.14. The Bertz CT molecular complexity index is 249. The molecule has 0 aromatic heterocycles. The summed E-state index contributed by atoms with van der Waals surface area (Å²) in [6.45, 7) is 13.3. The fourth-order valence-electron chi connectivity index (χ4n) is 1.54. The average Bonchev–Trinajstić information content (AvgIpc) is 2.18. The summed E-state index contributed by atoms with van der Waals surface area (Å²) in [5.74, 6) is 0. The van der Waals surface area contributed by atoms with Crippen LogP contribution in [0, 0.1) is 0 Å². The van der Waals surface area contributed by atoms with Crippen molar-refractivity contribution in [1.29, 1.82) is 0 Å². The maximum atomic E-state index is 9.33. The lowest BCUT2D eigenvalue weighted by Gasteiger charge is -2.43. The largest absolute Gasteiger partial charge is 0.409 e. The highest BCUT2D eigenvalue weighted by Gasteiger charge is 2.42. The highest BCUT2D eigenvalue weighted by molar-refractivity contribution is 6.74. The van der Waals surface area contributed by atoms with E-state index in [4.69, 9.17) is 13.9 Å². The second-order valence-corrected chi connectivity index (χ2v) is 10.9. The first-order valence-electron chi connectivity index (χ1n) is 6.23. The zero-order valence-corrected chi connectivity index (χ0v) is 12.8. The molecule has 0 amide bonds. The van der Waals surface area contributed by atoms with Gasteiger partial charge in [0.2, 0.25) is 0 Å². The lowest BCUT2D eigenvalue weighted by Crippen LogP contribution is -2.53. The summed E-state index contributed by atoms with van der Waals surface area (Å²) in [6.07, 6.45) is -0.684. The Labute approximate surface area is 105 Å². The molecular weight excluding hydrogens is 236 g/mol. The van der Waals surface area contributed by atoms with Gasteiger partial charge in [0.1, 0.15) is 6.10 Å². The molecular formula is C12H26O4Si. The van der Waals surface area contributed by atoms with Gasteiger partial charge in [-0.3, -0.25) is 0 Å². The van der Waals surface area contributed by atoms with Crippen molar-refractivity contribution in [2.24, 2.45) is 0 Å². The number of rotatable bonds is 3. The van der Waals surface area contributed by atoms with Crippen LogP contribution in [0.25, 0.3) is 0 Å². The summed E-state index contributed by atoms with van der Waals surface area (Å²) >= 11 is 0. The predicted molar refractivity (Wildman–Crippen MR) is 69.4 cm³/mol. The maximum Gasteiger partial charge on any atom is 0.192 e. The second kappa shape index (κ2) is 5.36. The van der Waals surface area contributed by atoms with Gasteiger partial charge >= 0.3 is 0 Å². The number of aliphatic hydroxyl groups excluding tert-OH is 1. The van der Waals surface area contributed by atoms with E-state index in [-0.39, 0.29) is 30.1 Å². The van der Waals surface area contributed by atoms with Gasteiger partial charge in [-0.1, -0.05) is 20.8 Å². The van der Waals surface area contributed by atoms with E-state index in [2.05, 4.69) is 33.9 Å². The van der Waals surface area contributed by atoms with Crippen LogP contribution in [0.15, 0.2) is 0 Å². The van der Waals surface area contributed by atoms with Gasteiger partial charge in [0, 0.05) is 0 Å². The standard InChI is InChI=1S/C12H26O4Si/c1-9-14-8-11(10(7-13)15-9)16-17(5,6)12(2,3)4/h9-11,13H,7-8H2,1-6H3/t9-,10?,11-/m1/s1. The Morgan fingerprint density at radius 3 is 2.41 bits per heavy atom. The van der Waals surface area contributed by atoms with Crippen LogP contribution >= 0.6 is 0 Å². The third-order valence-electron chi connectivity index (χ3n) is 3.71. The minimum Gasteiger partial charge on any atom is -0.409 e. The van der Waals surface area contributed by atoms with Crippen LogP contribution in [0.4, 0.5) is 0 Å². The van der Waals surface area contributed by atoms with Crippen molar-refractivity contribution in [3.63, 3.8) is 0 Å². The highest BCUT2D eigenvalue weighted by atomic mass is 28.4. The van der Waals surface area contributed by atoms with Gasteiger partial charge in [0.05, 0.1) is 19.3 Å². The van der Waals surface area contributed by atoms with E-state index in [0.29, 0.717) is 6.61 Å². The van der Waals surface area contributed by atoms with Crippen molar-refractivity contribution in [1.82, 2.24) is 0 Å². The van der Waals surface area contributed by atoms with Crippen LogP contribution in [0.2, 0.25) is 18.1 Å². The van der Waals surface area contributed by atoms with Crippen LogP contribution in [-0.4, -0.2) is 45.1 Å². The number of ether oxygens (including phenoxy) is 2. The average molecular weight is 262 g/mol. The summed E-state index contributed by atoms with van der Waals surface area (Å²) in [4.78, 5) is 0. The number of hydrogen-bond acceptors (Lipinski definition) is 4. The molecule has 1 fully saturated rings. The first-order chi connectivity index (χ1) is 7.67. The normalized spacial score (nSPS) is 31.6. The predicted octanol–water partition coefficient (Wildman–Crippen LogP) is 2.13. The summed E-state index contributed by atoms with van der Waals surface area (Å²) in [5, 5.41) is 9.48. The van der Waals surface area contributed by atoms with Crippen molar-refractivity contribution in [2.45, 2.75) is 64.3 Å². The quantitative estimate of drug-likeness (QED) is 0.792. The van der Waals surface area contributed by atoms with Gasteiger partial charge in [-0.15, -0.1) is 0 Å². The highest BCUT2D eigenvalue weighted by Crippen LogP contribution is 2.38. The Hall–Kier alpha value is 0.0569. The monoisotopic (exact) mass is 262 g/mol. The molecule has 1 saturated heterocycles. The first kappa shape index (κ1) is 15.1. The Morgan fingerprint density at radius 1 is 1.35 bits per heavy atom. The molecule has 5 heteroatoms. The molecule has 4 nitrogen and oxygen atoms in total. The molecule has 0 aliphatic carbocycles. The van der Waals surface area contributed by atoms with Crippen LogP contribution in [0.5, 0.6) is 0 Å². The van der Waals surface area contributed by atoms with E-state index in [9.17, 15) is 5.11 Å². The molecule has 1 aliphatic heterocycles. The van der Waals surface area contributed by atoms with E-state index in [1.54, 1.807) is 0 Å². The van der Waals surface area contributed by atoms with Gasteiger partial charge in [0.15, 0.2) is 14.6 Å². The molecule has 0 saturated carbocycles. The molecule has 1 rings (SSSR count). The number of aliphatic hydroxyl groups is 1. The summed E-state index contributed by atoms with van der Waals surface area (Å²) in [6, 6.07) is 0. The summed E-state index contributed by atoms with van der Waals surface area (Å²) < 4.78 is 17.2. The molecule has 1 unspecified atom stereocenters.